The summed E-state index contributed by atoms with van der Waals surface area (Å²) in [7, 11) is -2.61. The van der Waals surface area contributed by atoms with Gasteiger partial charge in [-0.15, -0.1) is 0 Å². The second-order valence-corrected chi connectivity index (χ2v) is 3.87. The van der Waals surface area contributed by atoms with Crippen LogP contribution in [0.2, 0.25) is 0 Å². The summed E-state index contributed by atoms with van der Waals surface area (Å²) in [5.74, 6) is -0.674. The molecule has 13 heavy (non-hydrogen) atoms. The Labute approximate surface area is 75.2 Å². The molecule has 0 bridgehead atoms. The van der Waals surface area contributed by atoms with Gasteiger partial charge in [0.15, 0.2) is 0 Å². The zero-order valence-corrected chi connectivity index (χ0v) is 7.64. The molecule has 0 unspecified atom stereocenters. The van der Waals surface area contributed by atoms with E-state index >= 15 is 0 Å². The number of ether oxygens (including phenoxy) is 1. The zero-order valence-electron chi connectivity index (χ0n) is 6.82. The number of rotatable bonds is 2. The minimum Gasteiger partial charge on any atom is -0.495 e. The van der Waals surface area contributed by atoms with Crippen molar-refractivity contribution in [1.82, 2.24) is 0 Å². The monoisotopic (exact) mass is 205 g/mol. The maximum Gasteiger partial charge on any atom is 0.241 e. The van der Waals surface area contributed by atoms with Crippen molar-refractivity contribution in [3.8, 4) is 5.75 Å². The van der Waals surface area contributed by atoms with E-state index in [9.17, 15) is 12.8 Å². The Hall–Kier alpha value is -1.14. The molecule has 0 aliphatic carbocycles. The van der Waals surface area contributed by atoms with Crippen molar-refractivity contribution in [2.24, 2.45) is 5.14 Å². The van der Waals surface area contributed by atoms with E-state index in [0.29, 0.717) is 0 Å². The van der Waals surface area contributed by atoms with Crippen LogP contribution >= 0.6 is 0 Å². The van der Waals surface area contributed by atoms with Gasteiger partial charge in [-0.05, 0) is 12.1 Å². The minimum atomic E-state index is -3.85. The van der Waals surface area contributed by atoms with Crippen molar-refractivity contribution in [2.45, 2.75) is 4.90 Å². The van der Waals surface area contributed by atoms with E-state index in [4.69, 9.17) is 5.14 Å². The molecule has 0 amide bonds. The summed E-state index contributed by atoms with van der Waals surface area (Å²) in [6, 6.07) is 3.02. The molecule has 0 saturated heterocycles. The average molecular weight is 205 g/mol. The van der Waals surface area contributed by atoms with Crippen molar-refractivity contribution in [1.29, 1.82) is 0 Å². The maximum atomic E-state index is 12.6. The lowest BCUT2D eigenvalue weighted by molar-refractivity contribution is 0.399. The smallest absolute Gasteiger partial charge is 0.241 e. The van der Waals surface area contributed by atoms with E-state index in [0.717, 1.165) is 18.2 Å². The van der Waals surface area contributed by atoms with Crippen molar-refractivity contribution >= 4 is 10.0 Å². The van der Waals surface area contributed by atoms with Gasteiger partial charge in [0.25, 0.3) is 0 Å². The van der Waals surface area contributed by atoms with E-state index in [1.807, 2.05) is 0 Å². The molecule has 0 atom stereocenters. The lowest BCUT2D eigenvalue weighted by atomic mass is 10.3. The fraction of sp³-hybridized carbons (Fsp3) is 0.143. The quantitative estimate of drug-likeness (QED) is 0.763. The highest BCUT2D eigenvalue weighted by Crippen LogP contribution is 2.22. The third-order valence-electron chi connectivity index (χ3n) is 1.43. The normalized spacial score (nSPS) is 11.3. The topological polar surface area (TPSA) is 69.4 Å². The number of sulfonamides is 1. The molecule has 1 aromatic carbocycles. The van der Waals surface area contributed by atoms with Crippen LogP contribution in [0.4, 0.5) is 4.39 Å². The standard InChI is InChI=1S/C7H8FNO3S/c1-12-6-4-5(8)2-3-7(6)13(9,10)11/h2-4H,1H3,(H2,9,10,11). The van der Waals surface area contributed by atoms with Gasteiger partial charge < -0.3 is 4.74 Å². The van der Waals surface area contributed by atoms with Crippen LogP contribution in [-0.4, -0.2) is 15.5 Å². The Balaban J connectivity index is 3.39. The highest BCUT2D eigenvalue weighted by Gasteiger charge is 2.14. The second kappa shape index (κ2) is 3.31. The average Bonchev–Trinajstić information content (AvgIpc) is 2.01. The molecule has 0 radical (unpaired) electrons. The molecule has 0 spiro atoms. The Bertz CT molecular complexity index is 416. The van der Waals surface area contributed by atoms with Crippen LogP contribution in [0, 0.1) is 5.82 Å². The van der Waals surface area contributed by atoms with Gasteiger partial charge >= 0.3 is 0 Å². The Morgan fingerprint density at radius 1 is 1.46 bits per heavy atom. The lowest BCUT2D eigenvalue weighted by Gasteiger charge is -2.05. The summed E-state index contributed by atoms with van der Waals surface area (Å²) in [4.78, 5) is -0.226. The Kier molecular flexibility index (Phi) is 2.53. The second-order valence-electron chi connectivity index (χ2n) is 2.34. The number of halogens is 1. The molecular formula is C7H8FNO3S. The maximum absolute atomic E-state index is 12.6. The van der Waals surface area contributed by atoms with E-state index in [1.165, 1.54) is 7.11 Å². The zero-order chi connectivity index (χ0) is 10.1. The number of nitrogens with two attached hydrogens (primary N) is 1. The largest absolute Gasteiger partial charge is 0.495 e. The van der Waals surface area contributed by atoms with Crippen LogP contribution in [0.5, 0.6) is 5.75 Å². The summed E-state index contributed by atoms with van der Waals surface area (Å²) in [6.07, 6.45) is 0. The molecule has 0 heterocycles. The van der Waals surface area contributed by atoms with Gasteiger partial charge in [-0.25, -0.2) is 17.9 Å². The summed E-state index contributed by atoms with van der Waals surface area (Å²) >= 11 is 0. The fourth-order valence-corrected chi connectivity index (χ4v) is 1.56. The van der Waals surface area contributed by atoms with Crippen LogP contribution in [0.3, 0.4) is 0 Å². The summed E-state index contributed by atoms with van der Waals surface area (Å²) in [5, 5.41) is 4.85. The third-order valence-corrected chi connectivity index (χ3v) is 2.38. The molecule has 0 aliphatic rings. The van der Waals surface area contributed by atoms with Gasteiger partial charge in [-0.3, -0.25) is 0 Å². The number of hydrogen-bond acceptors (Lipinski definition) is 3. The SMILES string of the molecule is COc1cc(F)ccc1S(N)(=O)=O. The van der Waals surface area contributed by atoms with Crippen LogP contribution in [0.1, 0.15) is 0 Å². The molecule has 2 N–H and O–H groups in total. The Morgan fingerprint density at radius 3 is 2.54 bits per heavy atom. The van der Waals surface area contributed by atoms with Crippen LogP contribution < -0.4 is 9.88 Å². The third kappa shape index (κ3) is 2.16. The number of primary sulfonamides is 1. The molecule has 4 nitrogen and oxygen atoms in total. The van der Waals surface area contributed by atoms with Crippen molar-refractivity contribution < 1.29 is 17.5 Å². The first-order valence-corrected chi connectivity index (χ1v) is 4.86. The number of hydrogen-bond donors (Lipinski definition) is 1. The van der Waals surface area contributed by atoms with E-state index in [1.54, 1.807) is 0 Å². The predicted octanol–water partition coefficient (Wildman–Crippen LogP) is 0.482. The highest BCUT2D eigenvalue weighted by molar-refractivity contribution is 7.89. The molecule has 1 rings (SSSR count). The first-order chi connectivity index (χ1) is 5.95. The van der Waals surface area contributed by atoms with Gasteiger partial charge in [0.2, 0.25) is 10.0 Å². The number of methoxy groups -OCH3 is 1. The molecule has 0 aliphatic heterocycles. The van der Waals surface area contributed by atoms with Gasteiger partial charge in [-0.2, -0.15) is 0 Å². The highest BCUT2D eigenvalue weighted by atomic mass is 32.2. The van der Waals surface area contributed by atoms with Gasteiger partial charge in [0, 0.05) is 6.07 Å². The van der Waals surface area contributed by atoms with Gasteiger partial charge in [-0.1, -0.05) is 0 Å². The van der Waals surface area contributed by atoms with E-state index in [-0.39, 0.29) is 10.6 Å². The number of benzene rings is 1. The molecule has 0 fully saturated rings. The molecule has 0 saturated carbocycles. The van der Waals surface area contributed by atoms with Crippen LogP contribution in [0.25, 0.3) is 0 Å². The summed E-state index contributed by atoms with van der Waals surface area (Å²) in [6.45, 7) is 0. The lowest BCUT2D eigenvalue weighted by Crippen LogP contribution is -2.13. The van der Waals surface area contributed by atoms with Crippen molar-refractivity contribution in [2.75, 3.05) is 7.11 Å². The van der Waals surface area contributed by atoms with E-state index in [2.05, 4.69) is 4.74 Å². The summed E-state index contributed by atoms with van der Waals surface area (Å²) in [5.41, 5.74) is 0. The fourth-order valence-electron chi connectivity index (χ4n) is 0.876. The first kappa shape index (κ1) is 9.94. The Morgan fingerprint density at radius 2 is 2.08 bits per heavy atom. The molecule has 6 heteroatoms. The molecule has 0 aromatic heterocycles. The predicted molar refractivity (Wildman–Crippen MR) is 44.3 cm³/mol. The molecular weight excluding hydrogens is 197 g/mol. The van der Waals surface area contributed by atoms with Gasteiger partial charge in [0.05, 0.1) is 7.11 Å². The van der Waals surface area contributed by atoms with Crippen molar-refractivity contribution in [3.63, 3.8) is 0 Å². The van der Waals surface area contributed by atoms with Crippen molar-refractivity contribution in [3.05, 3.63) is 24.0 Å². The van der Waals surface area contributed by atoms with Crippen LogP contribution in [-0.2, 0) is 10.0 Å². The first-order valence-electron chi connectivity index (χ1n) is 3.31. The van der Waals surface area contributed by atoms with Gasteiger partial charge in [0.1, 0.15) is 16.5 Å². The molecule has 1 aromatic rings. The minimum absolute atomic E-state index is 0.0949. The molecule has 72 valence electrons. The summed E-state index contributed by atoms with van der Waals surface area (Å²) < 4.78 is 39.1. The van der Waals surface area contributed by atoms with E-state index < -0.39 is 15.8 Å². The van der Waals surface area contributed by atoms with Crippen LogP contribution in [0.15, 0.2) is 23.1 Å².